The number of nitrogen functional groups attached to an aromatic ring is 1. The molecule has 0 saturated heterocycles. The molecule has 0 radical (unpaired) electrons. The minimum Gasteiger partial charge on any atom is -0.491 e. The van der Waals surface area contributed by atoms with Crippen molar-refractivity contribution < 1.29 is 23.8 Å². The van der Waals surface area contributed by atoms with Crippen LogP contribution in [0.1, 0.15) is 37.0 Å². The van der Waals surface area contributed by atoms with Crippen LogP contribution in [0.5, 0.6) is 5.75 Å². The molecule has 21 heavy (non-hydrogen) atoms. The number of esters is 2. The van der Waals surface area contributed by atoms with Gasteiger partial charge in [0.05, 0.1) is 18.9 Å². The Kier molecular flexibility index (Phi) is 7.08. The van der Waals surface area contributed by atoms with Gasteiger partial charge in [-0.05, 0) is 25.5 Å². The largest absolute Gasteiger partial charge is 0.491 e. The van der Waals surface area contributed by atoms with Crippen LogP contribution < -0.4 is 10.5 Å². The molecule has 0 aromatic heterocycles. The Hall–Kier alpha value is -2.24. The first kappa shape index (κ1) is 16.8. The molecule has 0 aliphatic carbocycles. The van der Waals surface area contributed by atoms with Crippen molar-refractivity contribution in [2.24, 2.45) is 0 Å². The zero-order valence-corrected chi connectivity index (χ0v) is 12.4. The van der Waals surface area contributed by atoms with Crippen molar-refractivity contribution in [1.82, 2.24) is 0 Å². The topological polar surface area (TPSA) is 87.9 Å². The van der Waals surface area contributed by atoms with Gasteiger partial charge in [-0.1, -0.05) is 19.4 Å². The van der Waals surface area contributed by atoms with E-state index in [-0.39, 0.29) is 11.3 Å². The lowest BCUT2D eigenvalue weighted by molar-refractivity contribution is -0.147. The zero-order chi connectivity index (χ0) is 15.7. The Morgan fingerprint density at radius 1 is 1.19 bits per heavy atom. The first-order valence-electron chi connectivity index (χ1n) is 6.94. The third-order valence-corrected chi connectivity index (χ3v) is 2.64. The maximum atomic E-state index is 12.0. The molecular formula is C15H21NO5. The number of carbonyl (C=O) groups excluding carboxylic acids is 2. The molecule has 116 valence electrons. The van der Waals surface area contributed by atoms with Crippen molar-refractivity contribution in [1.29, 1.82) is 0 Å². The second-order valence-corrected chi connectivity index (χ2v) is 4.31. The van der Waals surface area contributed by atoms with Crippen molar-refractivity contribution in [2.75, 3.05) is 25.6 Å². The number of rotatable bonds is 8. The summed E-state index contributed by atoms with van der Waals surface area (Å²) in [6.45, 7) is 4.04. The molecule has 1 rings (SSSR count). The van der Waals surface area contributed by atoms with E-state index in [4.69, 9.17) is 19.9 Å². The highest BCUT2D eigenvalue weighted by Gasteiger charge is 2.17. The fourth-order valence-corrected chi connectivity index (χ4v) is 1.60. The molecule has 0 unspecified atom stereocenters. The van der Waals surface area contributed by atoms with E-state index in [9.17, 15) is 9.59 Å². The van der Waals surface area contributed by atoms with Crippen LogP contribution in [0, 0.1) is 0 Å². The van der Waals surface area contributed by atoms with Crippen molar-refractivity contribution >= 4 is 17.6 Å². The van der Waals surface area contributed by atoms with Gasteiger partial charge in [-0.2, -0.15) is 0 Å². The van der Waals surface area contributed by atoms with Gasteiger partial charge >= 0.3 is 11.9 Å². The van der Waals surface area contributed by atoms with Crippen LogP contribution in [-0.2, 0) is 14.3 Å². The highest BCUT2D eigenvalue weighted by Crippen LogP contribution is 2.26. The van der Waals surface area contributed by atoms with E-state index in [2.05, 4.69) is 0 Å². The number of hydrogen-bond acceptors (Lipinski definition) is 6. The van der Waals surface area contributed by atoms with Gasteiger partial charge in [0.25, 0.3) is 0 Å². The van der Waals surface area contributed by atoms with E-state index in [1.807, 2.05) is 6.92 Å². The monoisotopic (exact) mass is 295 g/mol. The molecule has 0 spiro atoms. The van der Waals surface area contributed by atoms with E-state index in [1.54, 1.807) is 19.1 Å². The molecule has 0 atom stereocenters. The van der Waals surface area contributed by atoms with Crippen molar-refractivity contribution in [3.8, 4) is 5.75 Å². The van der Waals surface area contributed by atoms with Crippen LogP contribution in [0.3, 0.4) is 0 Å². The minimum atomic E-state index is -0.668. The highest BCUT2D eigenvalue weighted by atomic mass is 16.6. The van der Waals surface area contributed by atoms with E-state index < -0.39 is 18.5 Å². The van der Waals surface area contributed by atoms with Gasteiger partial charge < -0.3 is 19.9 Å². The third kappa shape index (κ3) is 5.33. The number of nitrogens with two attached hydrogens (primary N) is 1. The van der Waals surface area contributed by atoms with E-state index in [0.29, 0.717) is 18.9 Å². The summed E-state index contributed by atoms with van der Waals surface area (Å²) in [5.74, 6) is -0.971. The van der Waals surface area contributed by atoms with Gasteiger partial charge in [0.1, 0.15) is 5.56 Å². The highest BCUT2D eigenvalue weighted by molar-refractivity contribution is 5.95. The molecular weight excluding hydrogens is 274 g/mol. The second-order valence-electron chi connectivity index (χ2n) is 4.31. The van der Waals surface area contributed by atoms with Crippen LogP contribution in [0.2, 0.25) is 0 Å². The zero-order valence-electron chi connectivity index (χ0n) is 12.4. The lowest BCUT2D eigenvalue weighted by Crippen LogP contribution is -2.18. The number of unbranched alkanes of at least 4 members (excludes halogenated alkanes) is 1. The summed E-state index contributed by atoms with van der Waals surface area (Å²) >= 11 is 0. The Balaban J connectivity index is 2.60. The molecule has 6 nitrogen and oxygen atoms in total. The lowest BCUT2D eigenvalue weighted by Gasteiger charge is -2.12. The summed E-state index contributed by atoms with van der Waals surface area (Å²) in [6.07, 6.45) is 1.71. The maximum absolute atomic E-state index is 12.0. The molecule has 1 aromatic carbocycles. The normalized spacial score (nSPS) is 10.0. The van der Waals surface area contributed by atoms with Crippen LogP contribution in [0.15, 0.2) is 18.2 Å². The van der Waals surface area contributed by atoms with Crippen LogP contribution in [0.25, 0.3) is 0 Å². The van der Waals surface area contributed by atoms with Crippen LogP contribution >= 0.6 is 0 Å². The maximum Gasteiger partial charge on any atom is 0.344 e. The minimum absolute atomic E-state index is 0.193. The molecule has 0 fully saturated rings. The number of ether oxygens (including phenoxy) is 3. The van der Waals surface area contributed by atoms with E-state index >= 15 is 0 Å². The Bertz CT molecular complexity index is 487. The molecule has 2 N–H and O–H groups in total. The molecule has 0 bridgehead atoms. The summed E-state index contributed by atoms with van der Waals surface area (Å²) in [6, 6.07) is 4.78. The average Bonchev–Trinajstić information content (AvgIpc) is 2.47. The second kappa shape index (κ2) is 8.84. The Labute approximate surface area is 124 Å². The molecule has 0 saturated carbocycles. The van der Waals surface area contributed by atoms with Crippen LogP contribution in [0.4, 0.5) is 5.69 Å². The van der Waals surface area contributed by atoms with Gasteiger partial charge in [-0.3, -0.25) is 0 Å². The fourth-order valence-electron chi connectivity index (χ4n) is 1.60. The number of benzene rings is 1. The van der Waals surface area contributed by atoms with Gasteiger partial charge in [-0.25, -0.2) is 9.59 Å². The summed E-state index contributed by atoms with van der Waals surface area (Å²) < 4.78 is 15.1. The molecule has 0 heterocycles. The van der Waals surface area contributed by atoms with Gasteiger partial charge in [0, 0.05) is 0 Å². The fraction of sp³-hybridized carbons (Fsp3) is 0.467. The quantitative estimate of drug-likeness (QED) is 0.449. The van der Waals surface area contributed by atoms with Crippen molar-refractivity contribution in [3.63, 3.8) is 0 Å². The average molecular weight is 295 g/mol. The smallest absolute Gasteiger partial charge is 0.344 e. The van der Waals surface area contributed by atoms with Gasteiger partial charge in [0.2, 0.25) is 0 Å². The lowest BCUT2D eigenvalue weighted by atomic mass is 10.2. The number of anilines is 1. The predicted octanol–water partition coefficient (Wildman–Crippen LogP) is 2.17. The molecule has 6 heteroatoms. The first-order chi connectivity index (χ1) is 10.1. The molecule has 0 amide bonds. The standard InChI is InChI=1S/C15H21NO5/c1-3-5-9-20-13(17)10-21-15(18)11-7-6-8-12(16)14(11)19-4-2/h6-8H,3-5,9-10,16H2,1-2H3. The van der Waals surface area contributed by atoms with E-state index in [0.717, 1.165) is 12.8 Å². The Morgan fingerprint density at radius 3 is 2.62 bits per heavy atom. The van der Waals surface area contributed by atoms with Crippen LogP contribution in [-0.4, -0.2) is 31.8 Å². The van der Waals surface area contributed by atoms with Crippen molar-refractivity contribution in [3.05, 3.63) is 23.8 Å². The third-order valence-electron chi connectivity index (χ3n) is 2.64. The summed E-state index contributed by atoms with van der Waals surface area (Å²) in [4.78, 5) is 23.3. The van der Waals surface area contributed by atoms with E-state index in [1.165, 1.54) is 6.07 Å². The van der Waals surface area contributed by atoms with Crippen molar-refractivity contribution in [2.45, 2.75) is 26.7 Å². The van der Waals surface area contributed by atoms with Gasteiger partial charge in [-0.15, -0.1) is 0 Å². The number of carbonyl (C=O) groups is 2. The summed E-state index contributed by atoms with van der Waals surface area (Å²) in [5, 5.41) is 0. The molecule has 1 aromatic rings. The summed E-state index contributed by atoms with van der Waals surface area (Å²) in [7, 11) is 0. The number of para-hydroxylation sites is 1. The van der Waals surface area contributed by atoms with Gasteiger partial charge in [0.15, 0.2) is 12.4 Å². The molecule has 0 aliphatic rings. The first-order valence-corrected chi connectivity index (χ1v) is 6.94. The number of hydrogen-bond donors (Lipinski definition) is 1. The SMILES string of the molecule is CCCCOC(=O)COC(=O)c1cccc(N)c1OCC. The predicted molar refractivity (Wildman–Crippen MR) is 78.2 cm³/mol. The summed E-state index contributed by atoms with van der Waals surface area (Å²) in [5.41, 5.74) is 6.29. The molecule has 0 aliphatic heterocycles. The Morgan fingerprint density at radius 2 is 1.95 bits per heavy atom.